The lowest BCUT2D eigenvalue weighted by Crippen LogP contribution is -2.48. The van der Waals surface area contributed by atoms with Crippen LogP contribution in [0, 0.1) is 11.6 Å². The summed E-state index contributed by atoms with van der Waals surface area (Å²) in [7, 11) is 0. The number of anilines is 3. The number of carbonyl (C=O) groups excluding carboxylic acids is 1. The molecule has 3 heterocycles. The van der Waals surface area contributed by atoms with E-state index in [0.29, 0.717) is 55.1 Å². The van der Waals surface area contributed by atoms with E-state index in [0.717, 1.165) is 6.07 Å². The molecule has 0 radical (unpaired) electrons. The van der Waals surface area contributed by atoms with Gasteiger partial charge in [-0.1, -0.05) is 6.07 Å². The lowest BCUT2D eigenvalue weighted by molar-refractivity contribution is 0.0621. The van der Waals surface area contributed by atoms with Gasteiger partial charge in [0.25, 0.3) is 12.3 Å². The lowest BCUT2D eigenvalue weighted by atomic mass is 10.1. The van der Waals surface area contributed by atoms with E-state index in [9.17, 15) is 22.4 Å². The average Bonchev–Trinajstić information content (AvgIpc) is 3.32. The third kappa shape index (κ3) is 6.00. The molecule has 12 heteroatoms. The minimum absolute atomic E-state index is 0.286. The van der Waals surface area contributed by atoms with Crippen LogP contribution in [-0.4, -0.2) is 64.8 Å². The maximum atomic E-state index is 14.0. The number of benzene rings is 1. The molecular weight excluding hydrogens is 472 g/mol. The molecule has 1 aliphatic heterocycles. The average molecular weight is 495 g/mol. The summed E-state index contributed by atoms with van der Waals surface area (Å²) in [5.41, 5.74) is 0.861. The first-order valence-electron chi connectivity index (χ1n) is 10.5. The smallest absolute Gasteiger partial charge is 0.257 e. The molecule has 1 aromatic carbocycles. The van der Waals surface area contributed by atoms with Gasteiger partial charge in [0.2, 0.25) is 0 Å². The molecule has 1 amide bonds. The van der Waals surface area contributed by atoms with Crippen LogP contribution in [0.2, 0.25) is 0 Å². The van der Waals surface area contributed by atoms with Gasteiger partial charge in [0.15, 0.2) is 16.8 Å². The number of hydrogen-bond donors (Lipinski definition) is 2. The highest BCUT2D eigenvalue weighted by Crippen LogP contribution is 2.23. The van der Waals surface area contributed by atoms with Gasteiger partial charge in [0, 0.05) is 56.1 Å². The van der Waals surface area contributed by atoms with Crippen molar-refractivity contribution in [3.8, 4) is 0 Å². The SMILES string of the molecule is O=C(c1cccc(F)c1F)N1CCN(Cc2cc(NCC(F)F)cc(Nc3nccs3)n2)CC1. The Hall–Kier alpha value is -3.25. The molecule has 1 fully saturated rings. The van der Waals surface area contributed by atoms with Crippen molar-refractivity contribution in [2.45, 2.75) is 13.0 Å². The number of amides is 1. The Labute approximate surface area is 197 Å². The van der Waals surface area contributed by atoms with Crippen LogP contribution in [0.25, 0.3) is 0 Å². The van der Waals surface area contributed by atoms with Crippen molar-refractivity contribution in [2.75, 3.05) is 43.4 Å². The van der Waals surface area contributed by atoms with Crippen LogP contribution in [0.15, 0.2) is 41.9 Å². The van der Waals surface area contributed by atoms with Gasteiger partial charge in [-0.05, 0) is 18.2 Å². The molecule has 0 bridgehead atoms. The molecule has 0 spiro atoms. The highest BCUT2D eigenvalue weighted by molar-refractivity contribution is 7.13. The number of aromatic nitrogens is 2. The summed E-state index contributed by atoms with van der Waals surface area (Å²) in [6, 6.07) is 6.89. The summed E-state index contributed by atoms with van der Waals surface area (Å²) in [5.74, 6) is -2.28. The molecule has 180 valence electrons. The van der Waals surface area contributed by atoms with Crippen molar-refractivity contribution in [3.05, 3.63) is 64.8 Å². The Balaban J connectivity index is 1.41. The second-order valence-electron chi connectivity index (χ2n) is 7.64. The Morgan fingerprint density at radius 1 is 1.15 bits per heavy atom. The van der Waals surface area contributed by atoms with Gasteiger partial charge in [-0.3, -0.25) is 9.69 Å². The van der Waals surface area contributed by atoms with Crippen molar-refractivity contribution < 1.29 is 22.4 Å². The van der Waals surface area contributed by atoms with Crippen LogP contribution in [0.5, 0.6) is 0 Å². The van der Waals surface area contributed by atoms with Gasteiger partial charge in [-0.15, -0.1) is 11.3 Å². The number of halogens is 4. The fraction of sp³-hybridized carbons (Fsp3) is 0.318. The Morgan fingerprint density at radius 3 is 2.65 bits per heavy atom. The van der Waals surface area contributed by atoms with E-state index in [4.69, 9.17) is 0 Å². The molecule has 0 atom stereocenters. The Morgan fingerprint density at radius 2 is 1.94 bits per heavy atom. The fourth-order valence-electron chi connectivity index (χ4n) is 3.60. The van der Waals surface area contributed by atoms with Crippen molar-refractivity contribution >= 4 is 33.9 Å². The van der Waals surface area contributed by atoms with Gasteiger partial charge >= 0.3 is 0 Å². The standard InChI is InChI=1S/C22H22F4N6OS/c23-17-3-1-2-16(20(17)26)21(33)32-7-5-31(6-8-32)13-15-10-14(28-12-18(24)25)11-19(29-15)30-22-27-4-9-34-22/h1-4,9-11,18H,5-8,12-13H2,(H2,27,28,29,30). The number of nitrogens with one attached hydrogen (secondary N) is 2. The number of thiazole rings is 1. The van der Waals surface area contributed by atoms with Gasteiger partial charge in [-0.25, -0.2) is 27.5 Å². The zero-order valence-corrected chi connectivity index (χ0v) is 18.8. The third-order valence-corrected chi connectivity index (χ3v) is 5.92. The van der Waals surface area contributed by atoms with E-state index in [2.05, 4.69) is 25.5 Å². The quantitative estimate of drug-likeness (QED) is 0.458. The number of piperazine rings is 1. The number of pyridine rings is 1. The Kier molecular flexibility index (Phi) is 7.58. The summed E-state index contributed by atoms with van der Waals surface area (Å²) in [4.78, 5) is 24.9. The predicted octanol–water partition coefficient (Wildman–Crippen LogP) is 4.19. The highest BCUT2D eigenvalue weighted by Gasteiger charge is 2.25. The summed E-state index contributed by atoms with van der Waals surface area (Å²) < 4.78 is 52.8. The van der Waals surface area contributed by atoms with Crippen molar-refractivity contribution in [2.24, 2.45) is 0 Å². The zero-order chi connectivity index (χ0) is 24.1. The molecule has 1 saturated heterocycles. The van der Waals surface area contributed by atoms with E-state index >= 15 is 0 Å². The van der Waals surface area contributed by atoms with Crippen LogP contribution < -0.4 is 10.6 Å². The molecular formula is C22H22F4N6OS. The maximum Gasteiger partial charge on any atom is 0.257 e. The Bertz CT molecular complexity index is 1120. The topological polar surface area (TPSA) is 73.4 Å². The molecule has 2 aromatic heterocycles. The van der Waals surface area contributed by atoms with Crippen molar-refractivity contribution in [1.82, 2.24) is 19.8 Å². The van der Waals surface area contributed by atoms with Gasteiger partial charge in [-0.2, -0.15) is 0 Å². The molecule has 3 aromatic rings. The van der Waals surface area contributed by atoms with Crippen molar-refractivity contribution in [3.63, 3.8) is 0 Å². The zero-order valence-electron chi connectivity index (χ0n) is 18.0. The highest BCUT2D eigenvalue weighted by atomic mass is 32.1. The van der Waals surface area contributed by atoms with E-state index in [1.165, 1.54) is 28.4 Å². The molecule has 0 aliphatic carbocycles. The van der Waals surface area contributed by atoms with Crippen LogP contribution in [0.4, 0.5) is 34.2 Å². The number of alkyl halides is 2. The van der Waals surface area contributed by atoms with Crippen LogP contribution in [0.3, 0.4) is 0 Å². The second-order valence-corrected chi connectivity index (χ2v) is 8.53. The monoisotopic (exact) mass is 494 g/mol. The summed E-state index contributed by atoms with van der Waals surface area (Å²) in [6.45, 7) is 1.60. The molecule has 4 rings (SSSR count). The van der Waals surface area contributed by atoms with Gasteiger partial charge in [0.1, 0.15) is 5.82 Å². The summed E-state index contributed by atoms with van der Waals surface area (Å²) in [5, 5.41) is 8.21. The molecule has 2 N–H and O–H groups in total. The number of hydrogen-bond acceptors (Lipinski definition) is 7. The molecule has 0 saturated carbocycles. The summed E-state index contributed by atoms with van der Waals surface area (Å²) in [6.07, 6.45) is -0.857. The van der Waals surface area contributed by atoms with Gasteiger partial charge in [0.05, 0.1) is 17.8 Å². The predicted molar refractivity (Wildman–Crippen MR) is 122 cm³/mol. The van der Waals surface area contributed by atoms with Gasteiger partial charge < -0.3 is 15.5 Å². The fourth-order valence-corrected chi connectivity index (χ4v) is 4.14. The van der Waals surface area contributed by atoms with Crippen molar-refractivity contribution in [1.29, 1.82) is 0 Å². The first-order valence-corrected chi connectivity index (χ1v) is 11.4. The minimum atomic E-state index is -2.50. The number of nitrogens with zero attached hydrogens (tertiary/aromatic N) is 4. The molecule has 1 aliphatic rings. The third-order valence-electron chi connectivity index (χ3n) is 5.23. The lowest BCUT2D eigenvalue weighted by Gasteiger charge is -2.34. The molecule has 34 heavy (non-hydrogen) atoms. The maximum absolute atomic E-state index is 14.0. The first-order chi connectivity index (χ1) is 16.4. The normalized spacial score (nSPS) is 14.4. The largest absolute Gasteiger partial charge is 0.379 e. The number of rotatable bonds is 8. The van der Waals surface area contributed by atoms with Crippen LogP contribution in [-0.2, 0) is 6.54 Å². The van der Waals surface area contributed by atoms with E-state index in [1.807, 2.05) is 0 Å². The van der Waals surface area contributed by atoms with E-state index in [1.54, 1.807) is 23.7 Å². The number of carbonyl (C=O) groups is 1. The minimum Gasteiger partial charge on any atom is -0.379 e. The first kappa shape index (κ1) is 23.9. The van der Waals surface area contributed by atoms with E-state index in [-0.39, 0.29) is 5.56 Å². The summed E-state index contributed by atoms with van der Waals surface area (Å²) >= 11 is 1.39. The molecule has 0 unspecified atom stereocenters. The van der Waals surface area contributed by atoms with Crippen LogP contribution >= 0.6 is 11.3 Å². The van der Waals surface area contributed by atoms with Crippen LogP contribution in [0.1, 0.15) is 16.1 Å². The second kappa shape index (κ2) is 10.8. The van der Waals surface area contributed by atoms with E-state index < -0.39 is 30.5 Å². The molecule has 7 nitrogen and oxygen atoms in total.